The predicted octanol–water partition coefficient (Wildman–Crippen LogP) is 2.61. The summed E-state index contributed by atoms with van der Waals surface area (Å²) in [5, 5.41) is 3.27. The molecule has 0 aliphatic carbocycles. The topological polar surface area (TPSA) is 63.8 Å². The second kappa shape index (κ2) is 6.30. The van der Waals surface area contributed by atoms with E-state index in [1.807, 2.05) is 13.0 Å². The van der Waals surface area contributed by atoms with Crippen molar-refractivity contribution in [2.45, 2.75) is 40.0 Å². The van der Waals surface area contributed by atoms with Gasteiger partial charge in [0.15, 0.2) is 0 Å². The Kier molecular flexibility index (Phi) is 5.02. The maximum absolute atomic E-state index is 5.57. The summed E-state index contributed by atoms with van der Waals surface area (Å²) < 4.78 is 0. The first-order chi connectivity index (χ1) is 7.58. The molecule has 1 aromatic rings. The summed E-state index contributed by atoms with van der Waals surface area (Å²) in [5.74, 6) is 1.95. The first kappa shape index (κ1) is 12.7. The smallest absolute Gasteiger partial charge is 0.222 e. The normalized spacial score (nSPS) is 10.8. The number of unbranched alkanes of at least 4 members (excludes halogenated alkanes) is 1. The standard InChI is InChI=1S/C12H22N4/c1-9(2)6-4-5-7-14-11-8-10(3)15-12(13)16-11/h8-9H,4-7H2,1-3H3,(H3,13,14,15,16). The van der Waals surface area contributed by atoms with Crippen LogP contribution in [0.2, 0.25) is 0 Å². The van der Waals surface area contributed by atoms with E-state index in [1.54, 1.807) is 0 Å². The van der Waals surface area contributed by atoms with Gasteiger partial charge in [0.1, 0.15) is 5.82 Å². The Bertz CT molecular complexity index is 303. The maximum atomic E-state index is 5.57. The highest BCUT2D eigenvalue weighted by Gasteiger charge is 1.98. The van der Waals surface area contributed by atoms with Crippen molar-refractivity contribution < 1.29 is 0 Å². The molecular weight excluding hydrogens is 200 g/mol. The molecule has 0 aliphatic rings. The zero-order chi connectivity index (χ0) is 12.0. The minimum absolute atomic E-state index is 0.338. The van der Waals surface area contributed by atoms with E-state index in [-0.39, 0.29) is 0 Å². The minimum atomic E-state index is 0.338. The highest BCUT2D eigenvalue weighted by atomic mass is 15.1. The second-order valence-corrected chi connectivity index (χ2v) is 4.57. The third-order valence-corrected chi connectivity index (χ3v) is 2.39. The van der Waals surface area contributed by atoms with E-state index in [1.165, 1.54) is 19.3 Å². The van der Waals surface area contributed by atoms with Gasteiger partial charge in [0.25, 0.3) is 0 Å². The molecule has 0 saturated heterocycles. The highest BCUT2D eigenvalue weighted by molar-refractivity contribution is 5.39. The van der Waals surface area contributed by atoms with Crippen LogP contribution in [0.4, 0.5) is 11.8 Å². The Morgan fingerprint density at radius 1 is 1.31 bits per heavy atom. The molecular formula is C12H22N4. The molecule has 0 bridgehead atoms. The lowest BCUT2D eigenvalue weighted by atomic mass is 10.1. The molecule has 4 nitrogen and oxygen atoms in total. The molecule has 1 rings (SSSR count). The van der Waals surface area contributed by atoms with E-state index in [4.69, 9.17) is 5.73 Å². The van der Waals surface area contributed by atoms with Crippen LogP contribution in [0.3, 0.4) is 0 Å². The van der Waals surface area contributed by atoms with Gasteiger partial charge in [-0.25, -0.2) is 4.98 Å². The number of rotatable bonds is 6. The summed E-state index contributed by atoms with van der Waals surface area (Å²) in [7, 11) is 0. The van der Waals surface area contributed by atoms with Crippen molar-refractivity contribution >= 4 is 11.8 Å². The lowest BCUT2D eigenvalue weighted by Gasteiger charge is -2.07. The number of aromatic nitrogens is 2. The number of nitrogen functional groups attached to an aromatic ring is 1. The van der Waals surface area contributed by atoms with Gasteiger partial charge in [-0.3, -0.25) is 0 Å². The number of aryl methyl sites for hydroxylation is 1. The van der Waals surface area contributed by atoms with Crippen LogP contribution in [0.25, 0.3) is 0 Å². The lowest BCUT2D eigenvalue weighted by Crippen LogP contribution is -2.06. The molecule has 0 spiro atoms. The molecule has 0 saturated carbocycles. The van der Waals surface area contributed by atoms with Gasteiger partial charge in [-0.15, -0.1) is 0 Å². The fourth-order valence-electron chi connectivity index (χ4n) is 1.58. The van der Waals surface area contributed by atoms with Crippen molar-refractivity contribution in [3.8, 4) is 0 Å². The molecule has 4 heteroatoms. The van der Waals surface area contributed by atoms with Crippen LogP contribution in [0, 0.1) is 12.8 Å². The van der Waals surface area contributed by atoms with Crippen molar-refractivity contribution in [2.24, 2.45) is 5.92 Å². The number of anilines is 2. The fourth-order valence-corrected chi connectivity index (χ4v) is 1.58. The molecule has 0 radical (unpaired) electrons. The second-order valence-electron chi connectivity index (χ2n) is 4.57. The van der Waals surface area contributed by atoms with Gasteiger partial charge < -0.3 is 11.1 Å². The molecule has 3 N–H and O–H groups in total. The Balaban J connectivity index is 2.26. The van der Waals surface area contributed by atoms with Crippen LogP contribution >= 0.6 is 0 Å². The monoisotopic (exact) mass is 222 g/mol. The Morgan fingerprint density at radius 3 is 2.69 bits per heavy atom. The number of hydrogen-bond donors (Lipinski definition) is 2. The average molecular weight is 222 g/mol. The fraction of sp³-hybridized carbons (Fsp3) is 0.667. The third kappa shape index (κ3) is 4.96. The van der Waals surface area contributed by atoms with E-state index in [9.17, 15) is 0 Å². The first-order valence-corrected chi connectivity index (χ1v) is 5.93. The van der Waals surface area contributed by atoms with Crippen molar-refractivity contribution in [1.82, 2.24) is 9.97 Å². The largest absolute Gasteiger partial charge is 0.370 e. The molecule has 0 amide bonds. The molecule has 0 fully saturated rings. The molecule has 0 atom stereocenters. The van der Waals surface area contributed by atoms with E-state index in [0.29, 0.717) is 5.95 Å². The van der Waals surface area contributed by atoms with Crippen LogP contribution in [0.15, 0.2) is 6.07 Å². The zero-order valence-corrected chi connectivity index (χ0v) is 10.5. The lowest BCUT2D eigenvalue weighted by molar-refractivity contribution is 0.544. The number of nitrogens with one attached hydrogen (secondary N) is 1. The van der Waals surface area contributed by atoms with Gasteiger partial charge in [0, 0.05) is 18.3 Å². The molecule has 90 valence electrons. The summed E-state index contributed by atoms with van der Waals surface area (Å²) in [6.07, 6.45) is 3.71. The van der Waals surface area contributed by atoms with Crippen molar-refractivity contribution in [3.05, 3.63) is 11.8 Å². The van der Waals surface area contributed by atoms with Gasteiger partial charge in [0.05, 0.1) is 0 Å². The molecule has 1 aromatic heterocycles. The summed E-state index contributed by atoms with van der Waals surface area (Å²) in [6, 6.07) is 1.92. The van der Waals surface area contributed by atoms with Crippen LogP contribution in [-0.4, -0.2) is 16.5 Å². The summed E-state index contributed by atoms with van der Waals surface area (Å²) >= 11 is 0. The highest BCUT2D eigenvalue weighted by Crippen LogP contribution is 2.09. The average Bonchev–Trinajstić information content (AvgIpc) is 2.15. The minimum Gasteiger partial charge on any atom is -0.370 e. The van der Waals surface area contributed by atoms with Gasteiger partial charge in [-0.05, 0) is 19.3 Å². The van der Waals surface area contributed by atoms with Crippen molar-refractivity contribution in [2.75, 3.05) is 17.6 Å². The van der Waals surface area contributed by atoms with Gasteiger partial charge in [-0.2, -0.15) is 4.98 Å². The van der Waals surface area contributed by atoms with E-state index < -0.39 is 0 Å². The SMILES string of the molecule is Cc1cc(NCCCCC(C)C)nc(N)n1. The quantitative estimate of drug-likeness (QED) is 0.726. The van der Waals surface area contributed by atoms with Crippen LogP contribution in [-0.2, 0) is 0 Å². The zero-order valence-electron chi connectivity index (χ0n) is 10.5. The van der Waals surface area contributed by atoms with E-state index >= 15 is 0 Å². The summed E-state index contributed by atoms with van der Waals surface area (Å²) in [4.78, 5) is 8.15. The number of hydrogen-bond acceptors (Lipinski definition) is 4. The molecule has 1 heterocycles. The molecule has 0 aliphatic heterocycles. The summed E-state index contributed by atoms with van der Waals surface area (Å²) in [6.45, 7) is 7.37. The summed E-state index contributed by atoms with van der Waals surface area (Å²) in [5.41, 5.74) is 6.47. The first-order valence-electron chi connectivity index (χ1n) is 5.93. The van der Waals surface area contributed by atoms with Gasteiger partial charge in [0.2, 0.25) is 5.95 Å². The number of nitrogens with zero attached hydrogens (tertiary/aromatic N) is 2. The Hall–Kier alpha value is -1.32. The third-order valence-electron chi connectivity index (χ3n) is 2.39. The molecule has 0 aromatic carbocycles. The molecule has 0 unspecified atom stereocenters. The predicted molar refractivity (Wildman–Crippen MR) is 68.4 cm³/mol. The Labute approximate surface area is 97.7 Å². The van der Waals surface area contributed by atoms with Crippen molar-refractivity contribution in [1.29, 1.82) is 0 Å². The maximum Gasteiger partial charge on any atom is 0.222 e. The van der Waals surface area contributed by atoms with Gasteiger partial charge in [-0.1, -0.05) is 26.7 Å². The van der Waals surface area contributed by atoms with Crippen LogP contribution < -0.4 is 11.1 Å². The van der Waals surface area contributed by atoms with Gasteiger partial charge >= 0.3 is 0 Å². The van der Waals surface area contributed by atoms with Crippen LogP contribution in [0.1, 0.15) is 38.8 Å². The Morgan fingerprint density at radius 2 is 2.06 bits per heavy atom. The van der Waals surface area contributed by atoms with E-state index in [0.717, 1.165) is 24.0 Å². The van der Waals surface area contributed by atoms with Crippen molar-refractivity contribution in [3.63, 3.8) is 0 Å². The van der Waals surface area contributed by atoms with E-state index in [2.05, 4.69) is 29.1 Å². The molecule has 16 heavy (non-hydrogen) atoms. The van der Waals surface area contributed by atoms with Crippen LogP contribution in [0.5, 0.6) is 0 Å². The number of nitrogens with two attached hydrogens (primary N) is 1.